The lowest BCUT2D eigenvalue weighted by Crippen LogP contribution is -2.51. The van der Waals surface area contributed by atoms with Gasteiger partial charge in [-0.25, -0.2) is 0 Å². The summed E-state index contributed by atoms with van der Waals surface area (Å²) in [7, 11) is 0. The summed E-state index contributed by atoms with van der Waals surface area (Å²) in [5.74, 6) is 0.526. The van der Waals surface area contributed by atoms with Crippen molar-refractivity contribution in [2.24, 2.45) is 11.8 Å². The van der Waals surface area contributed by atoms with Gasteiger partial charge in [-0.05, 0) is 31.6 Å². The molecule has 13 heavy (non-hydrogen) atoms. The Morgan fingerprint density at radius 1 is 1.31 bits per heavy atom. The van der Waals surface area contributed by atoms with E-state index in [1.54, 1.807) is 0 Å². The molecule has 0 aliphatic heterocycles. The van der Waals surface area contributed by atoms with Crippen LogP contribution >= 0.6 is 0 Å². The van der Waals surface area contributed by atoms with Crippen LogP contribution in [0.25, 0.3) is 0 Å². The quantitative estimate of drug-likeness (QED) is 0.657. The molecule has 0 aromatic carbocycles. The molecule has 0 unspecified atom stereocenters. The normalized spacial score (nSPS) is 46.8. The number of rotatable bonds is 1. The SMILES string of the molecule is CC(C)[C@]1(O)CC[C@H](C)[C@@](C)(O)C1. The summed E-state index contributed by atoms with van der Waals surface area (Å²) in [6, 6.07) is 0. The molecule has 2 heteroatoms. The standard InChI is InChI=1S/C11H22O2/c1-8(2)11(13)6-5-9(3)10(4,12)7-11/h8-9,12-13H,5-7H2,1-4H3/t9-,10-,11-/m0/s1. The monoisotopic (exact) mass is 186 g/mol. The maximum absolute atomic E-state index is 10.2. The molecule has 0 spiro atoms. The highest BCUT2D eigenvalue weighted by atomic mass is 16.3. The Kier molecular flexibility index (Phi) is 2.75. The summed E-state index contributed by atoms with van der Waals surface area (Å²) in [4.78, 5) is 0. The van der Waals surface area contributed by atoms with Crippen molar-refractivity contribution >= 4 is 0 Å². The molecule has 2 nitrogen and oxygen atoms in total. The minimum atomic E-state index is -0.697. The third-order valence-corrected chi connectivity index (χ3v) is 3.81. The lowest BCUT2D eigenvalue weighted by Gasteiger charge is -2.46. The van der Waals surface area contributed by atoms with Crippen LogP contribution in [0.3, 0.4) is 0 Å². The summed E-state index contributed by atoms with van der Waals surface area (Å²) < 4.78 is 0. The van der Waals surface area contributed by atoms with Crippen molar-refractivity contribution in [3.8, 4) is 0 Å². The maximum Gasteiger partial charge on any atom is 0.0698 e. The van der Waals surface area contributed by atoms with E-state index in [-0.39, 0.29) is 5.92 Å². The predicted molar refractivity (Wildman–Crippen MR) is 53.4 cm³/mol. The van der Waals surface area contributed by atoms with Gasteiger partial charge in [0.15, 0.2) is 0 Å². The van der Waals surface area contributed by atoms with Crippen LogP contribution in [-0.4, -0.2) is 21.4 Å². The van der Waals surface area contributed by atoms with Gasteiger partial charge in [0.25, 0.3) is 0 Å². The Balaban J connectivity index is 2.76. The summed E-state index contributed by atoms with van der Waals surface area (Å²) >= 11 is 0. The summed E-state index contributed by atoms with van der Waals surface area (Å²) in [6.07, 6.45) is 2.25. The third kappa shape index (κ3) is 2.05. The van der Waals surface area contributed by atoms with Gasteiger partial charge in [0, 0.05) is 6.42 Å². The summed E-state index contributed by atoms with van der Waals surface area (Å²) in [5, 5.41) is 20.3. The summed E-state index contributed by atoms with van der Waals surface area (Å²) in [6.45, 7) is 7.93. The fourth-order valence-corrected chi connectivity index (χ4v) is 2.15. The van der Waals surface area contributed by atoms with Gasteiger partial charge in [-0.1, -0.05) is 20.8 Å². The Labute approximate surface area is 81.0 Å². The van der Waals surface area contributed by atoms with Crippen LogP contribution in [0.1, 0.15) is 47.0 Å². The van der Waals surface area contributed by atoms with E-state index in [2.05, 4.69) is 6.92 Å². The molecule has 1 fully saturated rings. The van der Waals surface area contributed by atoms with Gasteiger partial charge in [0.1, 0.15) is 0 Å². The second-order valence-corrected chi connectivity index (χ2v) is 5.23. The van der Waals surface area contributed by atoms with Crippen LogP contribution in [0.5, 0.6) is 0 Å². The van der Waals surface area contributed by atoms with Crippen molar-refractivity contribution in [1.29, 1.82) is 0 Å². The highest BCUT2D eigenvalue weighted by Gasteiger charge is 2.45. The molecule has 1 aliphatic rings. The highest BCUT2D eigenvalue weighted by molar-refractivity contribution is 4.97. The minimum absolute atomic E-state index is 0.228. The fraction of sp³-hybridized carbons (Fsp3) is 1.00. The minimum Gasteiger partial charge on any atom is -0.390 e. The van der Waals surface area contributed by atoms with Crippen molar-refractivity contribution in [1.82, 2.24) is 0 Å². The molecule has 0 aromatic rings. The Morgan fingerprint density at radius 3 is 2.23 bits per heavy atom. The lowest BCUT2D eigenvalue weighted by molar-refractivity contribution is -0.138. The molecule has 1 saturated carbocycles. The first kappa shape index (κ1) is 11.0. The van der Waals surface area contributed by atoms with E-state index in [9.17, 15) is 10.2 Å². The largest absolute Gasteiger partial charge is 0.390 e. The molecule has 3 atom stereocenters. The molecule has 0 radical (unpaired) electrons. The van der Waals surface area contributed by atoms with Gasteiger partial charge in [0.2, 0.25) is 0 Å². The molecule has 0 aromatic heterocycles. The van der Waals surface area contributed by atoms with Gasteiger partial charge in [-0.2, -0.15) is 0 Å². The van der Waals surface area contributed by atoms with E-state index in [0.717, 1.165) is 12.8 Å². The molecule has 0 saturated heterocycles. The van der Waals surface area contributed by atoms with Crippen LogP contribution in [0, 0.1) is 11.8 Å². The zero-order chi connectivity index (χ0) is 10.3. The van der Waals surface area contributed by atoms with Crippen molar-refractivity contribution in [3.63, 3.8) is 0 Å². The molecule has 1 aliphatic carbocycles. The van der Waals surface area contributed by atoms with Gasteiger partial charge < -0.3 is 10.2 Å². The third-order valence-electron chi connectivity index (χ3n) is 3.81. The van der Waals surface area contributed by atoms with E-state index < -0.39 is 11.2 Å². The second kappa shape index (κ2) is 3.25. The molecule has 0 amide bonds. The van der Waals surface area contributed by atoms with Gasteiger partial charge in [-0.3, -0.25) is 0 Å². The van der Waals surface area contributed by atoms with Crippen LogP contribution in [0.2, 0.25) is 0 Å². The van der Waals surface area contributed by atoms with Crippen molar-refractivity contribution in [3.05, 3.63) is 0 Å². The predicted octanol–water partition coefficient (Wildman–Crippen LogP) is 1.94. The fourth-order valence-electron chi connectivity index (χ4n) is 2.15. The van der Waals surface area contributed by atoms with Crippen LogP contribution in [-0.2, 0) is 0 Å². The maximum atomic E-state index is 10.2. The first-order chi connectivity index (χ1) is 5.78. The average molecular weight is 186 g/mol. The van der Waals surface area contributed by atoms with E-state index in [1.165, 1.54) is 0 Å². The van der Waals surface area contributed by atoms with E-state index in [4.69, 9.17) is 0 Å². The van der Waals surface area contributed by atoms with Crippen molar-refractivity contribution in [2.45, 2.75) is 58.2 Å². The topological polar surface area (TPSA) is 40.5 Å². The first-order valence-corrected chi connectivity index (χ1v) is 5.23. The smallest absolute Gasteiger partial charge is 0.0698 e. The molecule has 0 heterocycles. The molecular weight excluding hydrogens is 164 g/mol. The first-order valence-electron chi connectivity index (χ1n) is 5.23. The van der Waals surface area contributed by atoms with Crippen LogP contribution in [0.15, 0.2) is 0 Å². The molecule has 0 bridgehead atoms. The van der Waals surface area contributed by atoms with E-state index in [0.29, 0.717) is 12.3 Å². The van der Waals surface area contributed by atoms with Crippen molar-refractivity contribution in [2.75, 3.05) is 0 Å². The van der Waals surface area contributed by atoms with E-state index >= 15 is 0 Å². The van der Waals surface area contributed by atoms with Gasteiger partial charge >= 0.3 is 0 Å². The average Bonchev–Trinajstić information content (AvgIpc) is 1.96. The van der Waals surface area contributed by atoms with Crippen LogP contribution in [0.4, 0.5) is 0 Å². The molecular formula is C11H22O2. The number of aliphatic hydroxyl groups is 2. The van der Waals surface area contributed by atoms with E-state index in [1.807, 2.05) is 20.8 Å². The number of hydrogen-bond donors (Lipinski definition) is 2. The Hall–Kier alpha value is -0.0800. The highest BCUT2D eigenvalue weighted by Crippen LogP contribution is 2.42. The van der Waals surface area contributed by atoms with Crippen LogP contribution < -0.4 is 0 Å². The Morgan fingerprint density at radius 2 is 1.85 bits per heavy atom. The number of hydrogen-bond acceptors (Lipinski definition) is 2. The van der Waals surface area contributed by atoms with Gasteiger partial charge in [0.05, 0.1) is 11.2 Å². The molecule has 78 valence electrons. The van der Waals surface area contributed by atoms with Crippen molar-refractivity contribution < 1.29 is 10.2 Å². The van der Waals surface area contributed by atoms with Gasteiger partial charge in [-0.15, -0.1) is 0 Å². The molecule has 2 N–H and O–H groups in total. The molecule has 1 rings (SSSR count). The lowest BCUT2D eigenvalue weighted by atomic mass is 9.66. The zero-order valence-corrected chi connectivity index (χ0v) is 9.17. The Bertz CT molecular complexity index is 187. The second-order valence-electron chi connectivity index (χ2n) is 5.23. The zero-order valence-electron chi connectivity index (χ0n) is 9.17. The summed E-state index contributed by atoms with van der Waals surface area (Å²) in [5.41, 5.74) is -1.35.